The Morgan fingerprint density at radius 1 is 1.21 bits per heavy atom. The van der Waals surface area contributed by atoms with E-state index in [0.717, 1.165) is 32.6 Å². The van der Waals surface area contributed by atoms with E-state index in [1.807, 2.05) is 38.1 Å². The van der Waals surface area contributed by atoms with Gasteiger partial charge in [0.1, 0.15) is 0 Å². The van der Waals surface area contributed by atoms with Crippen LogP contribution in [0.25, 0.3) is 0 Å². The average molecular weight is 422 g/mol. The van der Waals surface area contributed by atoms with Crippen LogP contribution in [0, 0.1) is 13.8 Å². The van der Waals surface area contributed by atoms with Crippen molar-refractivity contribution in [2.75, 3.05) is 5.32 Å². The molecule has 5 nitrogen and oxygen atoms in total. The van der Waals surface area contributed by atoms with Gasteiger partial charge in [0.05, 0.1) is 17.5 Å². The minimum Gasteiger partial charge on any atom is -0.298 e. The van der Waals surface area contributed by atoms with Crippen LogP contribution in [0.15, 0.2) is 30.5 Å². The van der Waals surface area contributed by atoms with Gasteiger partial charge in [-0.25, -0.2) is 4.98 Å². The van der Waals surface area contributed by atoms with Crippen LogP contribution in [-0.4, -0.2) is 20.7 Å². The predicted molar refractivity (Wildman–Crippen MR) is 106 cm³/mol. The molecule has 1 amide bonds. The van der Waals surface area contributed by atoms with E-state index in [0.29, 0.717) is 6.42 Å². The fraction of sp³-hybridized carbons (Fsp3) is 0.350. The number of aromatic nitrogens is 3. The number of thiazole rings is 1. The number of hydrogen-bond donors (Lipinski definition) is 1. The third-order valence-electron chi connectivity index (χ3n) is 4.40. The zero-order valence-electron chi connectivity index (χ0n) is 16.5. The number of carbonyl (C=O) groups excluding carboxylic acids is 1. The van der Waals surface area contributed by atoms with Crippen molar-refractivity contribution in [2.24, 2.45) is 0 Å². The molecule has 0 radical (unpaired) electrons. The number of anilines is 1. The number of rotatable bonds is 5. The maximum atomic E-state index is 13.5. The van der Waals surface area contributed by atoms with Crippen molar-refractivity contribution in [1.29, 1.82) is 0 Å². The first-order valence-corrected chi connectivity index (χ1v) is 9.85. The molecule has 9 heteroatoms. The summed E-state index contributed by atoms with van der Waals surface area (Å²) in [5.74, 6) is -0.875. The van der Waals surface area contributed by atoms with Crippen molar-refractivity contribution in [3.8, 4) is 0 Å². The third-order valence-corrected chi connectivity index (χ3v) is 5.47. The molecule has 0 aliphatic rings. The summed E-state index contributed by atoms with van der Waals surface area (Å²) in [6.45, 7) is 6.97. The zero-order valence-corrected chi connectivity index (χ0v) is 17.3. The van der Waals surface area contributed by atoms with Gasteiger partial charge in [-0.05, 0) is 33.3 Å². The van der Waals surface area contributed by atoms with E-state index in [9.17, 15) is 18.0 Å². The minimum absolute atomic E-state index is 0.264. The highest BCUT2D eigenvalue weighted by Crippen LogP contribution is 2.34. The summed E-state index contributed by atoms with van der Waals surface area (Å²) >= 11 is 1.26. The monoisotopic (exact) mass is 422 g/mol. The summed E-state index contributed by atoms with van der Waals surface area (Å²) in [7, 11) is 0. The Labute approximate surface area is 170 Å². The summed E-state index contributed by atoms with van der Waals surface area (Å²) in [4.78, 5) is 17.8. The second kappa shape index (κ2) is 7.98. The van der Waals surface area contributed by atoms with Gasteiger partial charge in [-0.2, -0.15) is 18.3 Å². The third kappa shape index (κ3) is 4.67. The number of alkyl halides is 3. The van der Waals surface area contributed by atoms with E-state index in [1.165, 1.54) is 11.3 Å². The maximum absolute atomic E-state index is 13.5. The molecule has 0 saturated carbocycles. The Balaban J connectivity index is 1.82. The lowest BCUT2D eigenvalue weighted by atomic mass is 10.1. The van der Waals surface area contributed by atoms with Gasteiger partial charge >= 0.3 is 6.18 Å². The fourth-order valence-electron chi connectivity index (χ4n) is 2.90. The Hall–Kier alpha value is -2.68. The number of nitrogens with zero attached hydrogens (tertiary/aromatic N) is 3. The van der Waals surface area contributed by atoms with Crippen molar-refractivity contribution in [2.45, 2.75) is 46.3 Å². The molecule has 3 aromatic rings. The molecule has 154 valence electrons. The van der Waals surface area contributed by atoms with Crippen LogP contribution in [0.1, 0.15) is 57.6 Å². The van der Waals surface area contributed by atoms with Gasteiger partial charge in [-0.15, -0.1) is 11.3 Å². The van der Waals surface area contributed by atoms with Crippen molar-refractivity contribution in [3.63, 3.8) is 0 Å². The predicted octanol–water partition coefficient (Wildman–Crippen LogP) is 5.40. The standard InChI is InChI=1S/C20H21F3N4OS/c1-11(2)27-17(20(21,22)23)15(10-24-27)18(28)26-19-25-13(4)16(29-19)9-14-7-5-12(3)6-8-14/h5-8,10-11H,9H2,1-4H3,(H,25,26,28). The highest BCUT2D eigenvalue weighted by molar-refractivity contribution is 7.15. The molecular weight excluding hydrogens is 401 g/mol. The summed E-state index contributed by atoms with van der Waals surface area (Å²) < 4.78 is 41.3. The molecule has 1 aromatic carbocycles. The first-order valence-electron chi connectivity index (χ1n) is 9.04. The Morgan fingerprint density at radius 3 is 2.45 bits per heavy atom. The molecular formula is C20H21F3N4OS. The first-order chi connectivity index (χ1) is 13.6. The van der Waals surface area contributed by atoms with E-state index >= 15 is 0 Å². The molecule has 0 saturated heterocycles. The number of halogens is 3. The molecule has 0 fully saturated rings. The van der Waals surface area contributed by atoms with E-state index in [2.05, 4.69) is 15.4 Å². The molecule has 0 spiro atoms. The molecule has 1 N–H and O–H groups in total. The Morgan fingerprint density at radius 2 is 1.86 bits per heavy atom. The summed E-state index contributed by atoms with van der Waals surface area (Å²) in [5, 5.41) is 6.51. The normalized spacial score (nSPS) is 11.9. The zero-order chi connectivity index (χ0) is 21.3. The van der Waals surface area contributed by atoms with Crippen LogP contribution in [-0.2, 0) is 12.6 Å². The van der Waals surface area contributed by atoms with Gasteiger partial charge in [0, 0.05) is 17.3 Å². The second-order valence-corrected chi connectivity index (χ2v) is 8.17. The van der Waals surface area contributed by atoms with Crippen LogP contribution in [0.2, 0.25) is 0 Å². The quantitative estimate of drug-likeness (QED) is 0.599. The lowest BCUT2D eigenvalue weighted by Crippen LogP contribution is -2.22. The fourth-order valence-corrected chi connectivity index (χ4v) is 3.90. The average Bonchev–Trinajstić information content (AvgIpc) is 3.21. The van der Waals surface area contributed by atoms with Crippen molar-refractivity contribution in [1.82, 2.24) is 14.8 Å². The van der Waals surface area contributed by atoms with E-state index < -0.39 is 29.4 Å². The number of carbonyl (C=O) groups is 1. The van der Waals surface area contributed by atoms with E-state index in [4.69, 9.17) is 0 Å². The van der Waals surface area contributed by atoms with Gasteiger partial charge in [0.25, 0.3) is 5.91 Å². The minimum atomic E-state index is -4.69. The molecule has 0 aliphatic carbocycles. The molecule has 2 aromatic heterocycles. The van der Waals surface area contributed by atoms with Gasteiger partial charge in [-0.1, -0.05) is 29.8 Å². The number of hydrogen-bond acceptors (Lipinski definition) is 4. The van der Waals surface area contributed by atoms with Crippen LogP contribution in [0.3, 0.4) is 0 Å². The summed E-state index contributed by atoms with van der Waals surface area (Å²) in [6, 6.07) is 7.53. The van der Waals surface area contributed by atoms with Gasteiger partial charge in [0.15, 0.2) is 10.8 Å². The highest BCUT2D eigenvalue weighted by Gasteiger charge is 2.40. The highest BCUT2D eigenvalue weighted by atomic mass is 32.1. The molecule has 0 atom stereocenters. The second-order valence-electron chi connectivity index (χ2n) is 7.09. The van der Waals surface area contributed by atoms with Crippen molar-refractivity contribution < 1.29 is 18.0 Å². The largest absolute Gasteiger partial charge is 0.433 e. The van der Waals surface area contributed by atoms with Gasteiger partial charge in [0.2, 0.25) is 0 Å². The number of amides is 1. The van der Waals surface area contributed by atoms with E-state index in [-0.39, 0.29) is 5.13 Å². The van der Waals surface area contributed by atoms with Crippen molar-refractivity contribution >= 4 is 22.4 Å². The van der Waals surface area contributed by atoms with Gasteiger partial charge in [-0.3, -0.25) is 14.8 Å². The lowest BCUT2D eigenvalue weighted by Gasteiger charge is -2.14. The Kier molecular flexibility index (Phi) is 5.79. The van der Waals surface area contributed by atoms with Crippen LogP contribution in [0.4, 0.5) is 18.3 Å². The smallest absolute Gasteiger partial charge is 0.298 e. The number of aryl methyl sites for hydroxylation is 2. The maximum Gasteiger partial charge on any atom is 0.433 e. The molecule has 29 heavy (non-hydrogen) atoms. The van der Waals surface area contributed by atoms with Gasteiger partial charge < -0.3 is 0 Å². The topological polar surface area (TPSA) is 59.8 Å². The molecule has 0 unspecified atom stereocenters. The lowest BCUT2D eigenvalue weighted by molar-refractivity contribution is -0.145. The number of nitrogens with one attached hydrogen (secondary N) is 1. The van der Waals surface area contributed by atoms with Crippen LogP contribution in [0.5, 0.6) is 0 Å². The first kappa shape index (κ1) is 21.0. The Bertz CT molecular complexity index is 1020. The van der Waals surface area contributed by atoms with Crippen LogP contribution >= 0.6 is 11.3 Å². The molecule has 2 heterocycles. The summed E-state index contributed by atoms with van der Waals surface area (Å²) in [5.41, 5.74) is 1.42. The molecule has 0 aliphatic heterocycles. The van der Waals surface area contributed by atoms with Crippen molar-refractivity contribution in [3.05, 3.63) is 63.4 Å². The van der Waals surface area contributed by atoms with Crippen LogP contribution < -0.4 is 5.32 Å². The SMILES string of the molecule is Cc1ccc(Cc2sc(NC(=O)c3cnn(C(C)C)c3C(F)(F)F)nc2C)cc1. The van der Waals surface area contributed by atoms with E-state index in [1.54, 1.807) is 13.8 Å². The number of benzene rings is 1. The molecule has 3 rings (SSSR count). The molecule has 0 bridgehead atoms. The summed E-state index contributed by atoms with van der Waals surface area (Å²) in [6.07, 6.45) is -3.10.